The molecule has 1 fully saturated rings. The Kier molecular flexibility index (Phi) is 10.2. The van der Waals surface area contributed by atoms with Crippen molar-refractivity contribution in [2.75, 3.05) is 12.9 Å². The third-order valence-corrected chi connectivity index (χ3v) is 5.92. The number of carbonyl (C=O) groups excluding carboxylic acids is 4. The molecule has 0 bridgehead atoms. The molecule has 3 amide bonds. The summed E-state index contributed by atoms with van der Waals surface area (Å²) in [6.07, 6.45) is 0.305. The number of fused-ring (bicyclic) bond motifs is 1. The number of β-lactam (4-membered cyclic amide) rings is 1. The Labute approximate surface area is 196 Å². The van der Waals surface area contributed by atoms with Gasteiger partial charge in [-0.25, -0.2) is 4.79 Å². The van der Waals surface area contributed by atoms with Gasteiger partial charge in [0.05, 0.1) is 18.1 Å². The van der Waals surface area contributed by atoms with Gasteiger partial charge in [-0.15, -0.1) is 23.1 Å². The van der Waals surface area contributed by atoms with Crippen molar-refractivity contribution in [1.82, 2.24) is 4.90 Å². The maximum Gasteiger partial charge on any atom is 1.00 e. The van der Waals surface area contributed by atoms with Crippen LogP contribution in [0.3, 0.4) is 0 Å². The molecule has 29 heavy (non-hydrogen) atoms. The molecule has 3 heterocycles. The van der Waals surface area contributed by atoms with Crippen molar-refractivity contribution in [1.29, 1.82) is 0 Å². The van der Waals surface area contributed by atoms with Crippen LogP contribution in [0, 0.1) is 0 Å². The number of ether oxygens (including phenoxy) is 2. The van der Waals surface area contributed by atoms with E-state index in [1.807, 2.05) is 0 Å². The van der Waals surface area contributed by atoms with Crippen molar-refractivity contribution in [3.8, 4) is 0 Å². The number of thioether (sulfide) groups is 1. The van der Waals surface area contributed by atoms with Gasteiger partial charge in [-0.3, -0.25) is 14.5 Å². The number of primary amides is 2. The van der Waals surface area contributed by atoms with Gasteiger partial charge in [0.15, 0.2) is 6.10 Å². The van der Waals surface area contributed by atoms with Crippen LogP contribution in [0.2, 0.25) is 0 Å². The van der Waals surface area contributed by atoms with Crippen molar-refractivity contribution >= 4 is 47.0 Å². The van der Waals surface area contributed by atoms with Crippen LogP contribution in [0.1, 0.15) is 10.4 Å². The quantitative estimate of drug-likeness (QED) is 0.326. The first-order valence-corrected chi connectivity index (χ1v) is 9.83. The summed E-state index contributed by atoms with van der Waals surface area (Å²) in [4.78, 5) is 45.1. The number of rotatable bonds is 6. The maximum atomic E-state index is 11.4. The second kappa shape index (κ2) is 11.6. The molecule has 0 unspecified atom stereocenters. The van der Waals surface area contributed by atoms with Crippen LogP contribution in [0.5, 0.6) is 0 Å². The Hall–Kier alpha value is -1.57. The van der Waals surface area contributed by atoms with E-state index in [1.165, 1.54) is 41.2 Å². The average molecular weight is 451 g/mol. The molecule has 10 nitrogen and oxygen atoms in total. The SMILES string of the molecule is CO[C@@H]1C(=O)N2C(C(=O)[O-])=CCS[C@@H]12.NC(=O)Cc1sccc1COC(N)=O.[Na+]. The Morgan fingerprint density at radius 1 is 1.34 bits per heavy atom. The molecule has 1 aromatic heterocycles. The molecule has 13 heteroatoms. The topological polar surface area (TPSA) is 165 Å². The zero-order valence-corrected chi connectivity index (χ0v) is 19.4. The predicted octanol–water partition coefficient (Wildman–Crippen LogP) is -4.07. The fourth-order valence-electron chi connectivity index (χ4n) is 2.54. The minimum Gasteiger partial charge on any atom is -0.543 e. The van der Waals surface area contributed by atoms with Gasteiger partial charge in [-0.1, -0.05) is 0 Å². The van der Waals surface area contributed by atoms with Crippen LogP contribution < -0.4 is 46.1 Å². The smallest absolute Gasteiger partial charge is 0.543 e. The van der Waals surface area contributed by atoms with Crippen molar-refractivity contribution in [3.05, 3.63) is 33.7 Å². The normalized spacial score (nSPS) is 19.4. The molecular weight excluding hydrogens is 433 g/mol. The number of hydrogen-bond acceptors (Lipinski definition) is 9. The zero-order valence-electron chi connectivity index (χ0n) is 15.8. The van der Waals surface area contributed by atoms with Crippen LogP contribution in [0.4, 0.5) is 4.79 Å². The van der Waals surface area contributed by atoms with E-state index < -0.39 is 24.1 Å². The number of methoxy groups -OCH3 is 1. The van der Waals surface area contributed by atoms with E-state index in [2.05, 4.69) is 4.74 Å². The van der Waals surface area contributed by atoms with Crippen LogP contribution in [-0.4, -0.2) is 53.1 Å². The molecule has 3 rings (SSSR count). The Balaban J connectivity index is 0.000000280. The molecule has 0 aliphatic carbocycles. The van der Waals surface area contributed by atoms with E-state index >= 15 is 0 Å². The number of nitrogens with two attached hydrogens (primary N) is 2. The standard InChI is InChI=1S/C8H10N2O3S.C8H9NO4S.Na/c9-7(11)3-6-5(1-2-14-6)4-13-8(10)12;1-13-5-6(10)9-4(8(11)12)2-3-14-7(5)9;/h1-2H,3-4H2,(H2,9,11)(H2,10,12);2,5,7H,3H2,1H3,(H,11,12);/q;;+1/p-1/t;5-,7+;/m.1./s1. The number of aliphatic carboxylic acids is 1. The molecule has 2 aliphatic heterocycles. The van der Waals surface area contributed by atoms with E-state index in [4.69, 9.17) is 16.2 Å². The Morgan fingerprint density at radius 2 is 2.03 bits per heavy atom. The number of nitrogens with zero attached hydrogens (tertiary/aromatic N) is 1. The first-order chi connectivity index (χ1) is 13.3. The molecular formula is C16H18N3NaO7S2. The molecule has 1 saturated heterocycles. The molecule has 2 aliphatic rings. The molecule has 4 N–H and O–H groups in total. The van der Waals surface area contributed by atoms with Gasteiger partial charge in [0.25, 0.3) is 5.91 Å². The minimum atomic E-state index is -1.31. The van der Waals surface area contributed by atoms with Gasteiger partial charge >= 0.3 is 35.7 Å². The van der Waals surface area contributed by atoms with E-state index in [9.17, 15) is 24.3 Å². The van der Waals surface area contributed by atoms with Gasteiger partial charge in [-0.2, -0.15) is 0 Å². The number of carbonyl (C=O) groups is 4. The number of hydrogen-bond donors (Lipinski definition) is 2. The van der Waals surface area contributed by atoms with E-state index in [-0.39, 0.29) is 59.6 Å². The monoisotopic (exact) mass is 451 g/mol. The van der Waals surface area contributed by atoms with Crippen molar-refractivity contribution in [3.63, 3.8) is 0 Å². The fraction of sp³-hybridized carbons (Fsp3) is 0.375. The molecule has 0 spiro atoms. The summed E-state index contributed by atoms with van der Waals surface area (Å²) in [6, 6.07) is 1.77. The number of amides is 3. The van der Waals surface area contributed by atoms with E-state index in [0.29, 0.717) is 5.75 Å². The first-order valence-electron chi connectivity index (χ1n) is 7.91. The number of thiophene rings is 1. The second-order valence-corrected chi connectivity index (χ2v) is 7.74. The van der Waals surface area contributed by atoms with E-state index in [1.54, 1.807) is 11.4 Å². The van der Waals surface area contributed by atoms with Gasteiger partial charge in [-0.05, 0) is 17.5 Å². The third-order valence-electron chi connectivity index (χ3n) is 3.80. The zero-order chi connectivity index (χ0) is 20.8. The van der Waals surface area contributed by atoms with Gasteiger partial charge in [0, 0.05) is 23.3 Å². The fourth-order valence-corrected chi connectivity index (χ4v) is 4.66. The minimum absolute atomic E-state index is 0. The van der Waals surface area contributed by atoms with Gasteiger partial charge in [0.1, 0.15) is 12.0 Å². The third kappa shape index (κ3) is 6.46. The van der Waals surface area contributed by atoms with Crippen molar-refractivity contribution in [2.24, 2.45) is 11.5 Å². The van der Waals surface area contributed by atoms with Crippen LogP contribution in [0.15, 0.2) is 23.2 Å². The summed E-state index contributed by atoms with van der Waals surface area (Å²) in [5.41, 5.74) is 10.6. The van der Waals surface area contributed by atoms with Crippen LogP contribution >= 0.6 is 23.1 Å². The molecule has 152 valence electrons. The summed E-state index contributed by atoms with van der Waals surface area (Å²) in [5.74, 6) is -1.46. The Bertz CT molecular complexity index is 814. The Morgan fingerprint density at radius 3 is 2.59 bits per heavy atom. The molecule has 1 aromatic rings. The van der Waals surface area contributed by atoms with Crippen molar-refractivity contribution < 1.29 is 63.3 Å². The summed E-state index contributed by atoms with van der Waals surface area (Å²) in [6.45, 7) is 0.0848. The van der Waals surface area contributed by atoms with E-state index in [0.717, 1.165) is 10.4 Å². The molecule has 2 atom stereocenters. The maximum absolute atomic E-state index is 11.4. The van der Waals surface area contributed by atoms with Crippen LogP contribution in [0.25, 0.3) is 0 Å². The summed E-state index contributed by atoms with van der Waals surface area (Å²) in [7, 11) is 1.44. The molecule has 0 aromatic carbocycles. The summed E-state index contributed by atoms with van der Waals surface area (Å²) >= 11 is 2.88. The summed E-state index contributed by atoms with van der Waals surface area (Å²) in [5, 5.41) is 12.3. The van der Waals surface area contributed by atoms with Gasteiger partial charge < -0.3 is 30.8 Å². The van der Waals surface area contributed by atoms with Crippen LogP contribution in [-0.2, 0) is 36.9 Å². The first kappa shape index (κ1) is 25.5. The molecule has 0 saturated carbocycles. The number of carboxylic acid groups (broad SMARTS) is 1. The number of carboxylic acids is 1. The summed E-state index contributed by atoms with van der Waals surface area (Å²) < 4.78 is 9.55. The largest absolute Gasteiger partial charge is 1.00 e. The second-order valence-electron chi connectivity index (χ2n) is 5.59. The molecule has 0 radical (unpaired) electrons. The van der Waals surface area contributed by atoms with Gasteiger partial charge in [0.2, 0.25) is 5.91 Å². The average Bonchev–Trinajstić information content (AvgIpc) is 3.06. The van der Waals surface area contributed by atoms with Crippen molar-refractivity contribution in [2.45, 2.75) is 24.5 Å². The predicted molar refractivity (Wildman–Crippen MR) is 98.6 cm³/mol.